The summed E-state index contributed by atoms with van der Waals surface area (Å²) in [6.45, 7) is 4.61. The molecule has 29 heavy (non-hydrogen) atoms. The maximum Gasteiger partial charge on any atom is 0.169 e. The minimum absolute atomic E-state index is 0.100. The van der Waals surface area contributed by atoms with Crippen LogP contribution in [-0.2, 0) is 0 Å². The maximum atomic E-state index is 6.32. The Labute approximate surface area is 174 Å². The van der Waals surface area contributed by atoms with Gasteiger partial charge in [0.25, 0.3) is 0 Å². The van der Waals surface area contributed by atoms with Crippen LogP contribution in [0.2, 0.25) is 5.02 Å². The zero-order valence-electron chi connectivity index (χ0n) is 16.2. The minimum Gasteiger partial charge on any atom is -0.494 e. The van der Waals surface area contributed by atoms with Crippen LogP contribution in [0.4, 0.5) is 5.82 Å². The van der Waals surface area contributed by atoms with Crippen molar-refractivity contribution >= 4 is 28.2 Å². The topological polar surface area (TPSA) is 56.5 Å². The summed E-state index contributed by atoms with van der Waals surface area (Å²) in [7, 11) is 0. The van der Waals surface area contributed by atoms with E-state index in [1.807, 2.05) is 37.3 Å². The molecule has 5 nitrogen and oxygen atoms in total. The average Bonchev–Trinajstić information content (AvgIpc) is 3.23. The van der Waals surface area contributed by atoms with Gasteiger partial charge in [-0.25, -0.2) is 0 Å². The Morgan fingerprint density at radius 2 is 1.79 bits per heavy atom. The number of ether oxygens (including phenoxy) is 2. The zero-order valence-corrected chi connectivity index (χ0v) is 16.9. The highest BCUT2D eigenvalue weighted by Crippen LogP contribution is 2.34. The first-order valence-corrected chi connectivity index (χ1v) is 9.81. The molecular weight excluding hydrogens is 388 g/mol. The normalized spacial score (nSPS) is 12.0. The fourth-order valence-corrected chi connectivity index (χ4v) is 3.32. The summed E-state index contributed by atoms with van der Waals surface area (Å²) in [5.74, 6) is 2.76. The molecule has 1 aromatic heterocycles. The predicted octanol–water partition coefficient (Wildman–Crippen LogP) is 6.85. The van der Waals surface area contributed by atoms with Crippen LogP contribution in [0.25, 0.3) is 10.8 Å². The van der Waals surface area contributed by atoms with Crippen LogP contribution in [-0.4, -0.2) is 11.8 Å². The lowest BCUT2D eigenvalue weighted by Crippen LogP contribution is -2.06. The van der Waals surface area contributed by atoms with Gasteiger partial charge in [0, 0.05) is 12.1 Å². The second kappa shape index (κ2) is 8.45. The summed E-state index contributed by atoms with van der Waals surface area (Å²) in [5.41, 5.74) is 1.16. The van der Waals surface area contributed by atoms with Gasteiger partial charge in [0.05, 0.1) is 17.7 Å². The molecule has 0 bridgehead atoms. The molecule has 0 aliphatic rings. The molecule has 4 rings (SSSR count). The number of aromatic nitrogens is 1. The van der Waals surface area contributed by atoms with Crippen molar-refractivity contribution in [3.05, 3.63) is 77.5 Å². The van der Waals surface area contributed by atoms with Gasteiger partial charge in [-0.05, 0) is 60.5 Å². The number of rotatable bonds is 7. The third-order valence-corrected chi connectivity index (χ3v) is 4.88. The number of nitrogens with one attached hydrogen (secondary N) is 1. The van der Waals surface area contributed by atoms with Gasteiger partial charge < -0.3 is 19.3 Å². The fraction of sp³-hybridized carbons (Fsp3) is 0.174. The van der Waals surface area contributed by atoms with Crippen molar-refractivity contribution in [1.29, 1.82) is 0 Å². The van der Waals surface area contributed by atoms with Gasteiger partial charge >= 0.3 is 0 Å². The summed E-state index contributed by atoms with van der Waals surface area (Å²) in [6, 6.07) is 19.6. The van der Waals surface area contributed by atoms with E-state index in [1.54, 1.807) is 18.4 Å². The standard InChI is InChI=1S/C23H21ClN2O3/c1-3-27-19-8-9-22(21(24)14-19)29-20-7-6-17-12-16(4-5-18(17)13-20)15(2)25-23-10-11-28-26-23/h4-15H,3H2,1-2H3,(H,25,26). The molecule has 0 radical (unpaired) electrons. The Morgan fingerprint density at radius 1 is 1.00 bits per heavy atom. The summed E-state index contributed by atoms with van der Waals surface area (Å²) < 4.78 is 16.3. The second-order valence-electron chi connectivity index (χ2n) is 6.65. The molecule has 1 N–H and O–H groups in total. The van der Waals surface area contributed by atoms with Gasteiger partial charge in [0.2, 0.25) is 0 Å². The number of benzene rings is 3. The summed E-state index contributed by atoms with van der Waals surface area (Å²) >= 11 is 6.32. The molecule has 3 aromatic carbocycles. The molecule has 148 valence electrons. The Kier molecular flexibility index (Phi) is 5.58. The summed E-state index contributed by atoms with van der Waals surface area (Å²) in [4.78, 5) is 0. The minimum atomic E-state index is 0.100. The van der Waals surface area contributed by atoms with E-state index >= 15 is 0 Å². The Bertz CT molecular complexity index is 1110. The lowest BCUT2D eigenvalue weighted by atomic mass is 10.0. The van der Waals surface area contributed by atoms with Crippen molar-refractivity contribution in [2.24, 2.45) is 0 Å². The average molecular weight is 409 g/mol. The zero-order chi connectivity index (χ0) is 20.2. The van der Waals surface area contributed by atoms with E-state index in [9.17, 15) is 0 Å². The monoisotopic (exact) mass is 408 g/mol. The first-order valence-electron chi connectivity index (χ1n) is 9.43. The molecular formula is C23H21ClN2O3. The highest BCUT2D eigenvalue weighted by molar-refractivity contribution is 6.32. The summed E-state index contributed by atoms with van der Waals surface area (Å²) in [5, 5.41) is 9.93. The molecule has 0 saturated heterocycles. The van der Waals surface area contributed by atoms with Crippen molar-refractivity contribution < 1.29 is 14.0 Å². The van der Waals surface area contributed by atoms with Gasteiger partial charge in [-0.3, -0.25) is 0 Å². The fourth-order valence-electron chi connectivity index (χ4n) is 3.12. The van der Waals surface area contributed by atoms with Crippen molar-refractivity contribution in [1.82, 2.24) is 5.16 Å². The van der Waals surface area contributed by atoms with E-state index in [0.29, 0.717) is 23.2 Å². The number of hydrogen-bond acceptors (Lipinski definition) is 5. The molecule has 1 atom stereocenters. The molecule has 1 unspecified atom stereocenters. The molecule has 6 heteroatoms. The first kappa shape index (κ1) is 19.2. The van der Waals surface area contributed by atoms with Gasteiger partial charge in [-0.15, -0.1) is 0 Å². The number of nitrogens with zero attached hydrogens (tertiary/aromatic N) is 1. The van der Waals surface area contributed by atoms with E-state index < -0.39 is 0 Å². The largest absolute Gasteiger partial charge is 0.494 e. The third-order valence-electron chi connectivity index (χ3n) is 4.58. The lowest BCUT2D eigenvalue weighted by Gasteiger charge is -2.14. The van der Waals surface area contributed by atoms with E-state index in [2.05, 4.69) is 35.6 Å². The molecule has 0 aliphatic heterocycles. The molecule has 4 aromatic rings. The van der Waals surface area contributed by atoms with Crippen LogP contribution >= 0.6 is 11.6 Å². The maximum absolute atomic E-state index is 6.32. The predicted molar refractivity (Wildman–Crippen MR) is 115 cm³/mol. The first-order chi connectivity index (χ1) is 14.1. The molecule has 1 heterocycles. The van der Waals surface area contributed by atoms with Crippen molar-refractivity contribution in [2.75, 3.05) is 11.9 Å². The van der Waals surface area contributed by atoms with E-state index in [-0.39, 0.29) is 6.04 Å². The number of hydrogen-bond donors (Lipinski definition) is 1. The van der Waals surface area contributed by atoms with Crippen LogP contribution in [0, 0.1) is 0 Å². The Balaban J connectivity index is 1.52. The quantitative estimate of drug-likeness (QED) is 0.362. The number of fused-ring (bicyclic) bond motifs is 1. The molecule has 0 aliphatic carbocycles. The molecule has 0 spiro atoms. The smallest absolute Gasteiger partial charge is 0.169 e. The summed E-state index contributed by atoms with van der Waals surface area (Å²) in [6.07, 6.45) is 1.55. The van der Waals surface area contributed by atoms with Gasteiger partial charge in [-0.2, -0.15) is 0 Å². The molecule has 0 fully saturated rings. The van der Waals surface area contributed by atoms with Gasteiger partial charge in [-0.1, -0.05) is 35.0 Å². The van der Waals surface area contributed by atoms with Crippen LogP contribution < -0.4 is 14.8 Å². The van der Waals surface area contributed by atoms with Crippen LogP contribution in [0.1, 0.15) is 25.5 Å². The number of anilines is 1. The van der Waals surface area contributed by atoms with Crippen LogP contribution in [0.15, 0.2) is 71.4 Å². The third kappa shape index (κ3) is 4.46. The number of halogens is 1. The van der Waals surface area contributed by atoms with Gasteiger partial charge in [0.15, 0.2) is 5.82 Å². The Morgan fingerprint density at radius 3 is 2.55 bits per heavy atom. The molecule has 0 saturated carbocycles. The highest BCUT2D eigenvalue weighted by atomic mass is 35.5. The van der Waals surface area contributed by atoms with E-state index in [4.69, 9.17) is 25.6 Å². The Hall–Kier alpha value is -3.18. The van der Waals surface area contributed by atoms with Crippen LogP contribution in [0.5, 0.6) is 17.2 Å². The van der Waals surface area contributed by atoms with Crippen molar-refractivity contribution in [2.45, 2.75) is 19.9 Å². The van der Waals surface area contributed by atoms with Crippen LogP contribution in [0.3, 0.4) is 0 Å². The van der Waals surface area contributed by atoms with Crippen molar-refractivity contribution in [3.8, 4) is 17.2 Å². The second-order valence-corrected chi connectivity index (χ2v) is 7.05. The van der Waals surface area contributed by atoms with Gasteiger partial charge in [0.1, 0.15) is 23.5 Å². The van der Waals surface area contributed by atoms with E-state index in [1.165, 1.54) is 0 Å². The highest BCUT2D eigenvalue weighted by Gasteiger charge is 2.09. The molecule has 0 amide bonds. The van der Waals surface area contributed by atoms with E-state index in [0.717, 1.165) is 27.8 Å². The van der Waals surface area contributed by atoms with Crippen molar-refractivity contribution in [3.63, 3.8) is 0 Å². The SMILES string of the molecule is CCOc1ccc(Oc2ccc3cc(C(C)Nc4ccon4)ccc3c2)c(Cl)c1. The lowest BCUT2D eigenvalue weighted by molar-refractivity contribution is 0.339.